The molecular weight excluding hydrogens is 304 g/mol. The van der Waals surface area contributed by atoms with Gasteiger partial charge in [-0.3, -0.25) is 19.7 Å². The fraction of sp³-hybridized carbons (Fsp3) is 0.250. The summed E-state index contributed by atoms with van der Waals surface area (Å²) in [7, 11) is 0. The molecule has 0 aromatic heterocycles. The van der Waals surface area contributed by atoms with Gasteiger partial charge in [-0.25, -0.2) is 0 Å². The number of rotatable bonds is 6. The SMILES string of the molecule is NC(CSCC(=O)NC(=O)c1ccc(Cl)cc1)C(=O)O. The Kier molecular flexibility index (Phi) is 6.50. The van der Waals surface area contributed by atoms with Crippen molar-refractivity contribution in [2.24, 2.45) is 5.73 Å². The minimum absolute atomic E-state index is 0.0414. The summed E-state index contributed by atoms with van der Waals surface area (Å²) in [5, 5.41) is 11.2. The van der Waals surface area contributed by atoms with Gasteiger partial charge < -0.3 is 10.8 Å². The molecule has 1 rings (SSSR count). The van der Waals surface area contributed by atoms with Gasteiger partial charge >= 0.3 is 5.97 Å². The lowest BCUT2D eigenvalue weighted by Crippen LogP contribution is -2.35. The molecule has 0 aliphatic heterocycles. The molecule has 6 nitrogen and oxygen atoms in total. The third-order valence-corrected chi connectivity index (χ3v) is 3.52. The monoisotopic (exact) mass is 316 g/mol. The van der Waals surface area contributed by atoms with Crippen LogP contribution in [0, 0.1) is 0 Å². The summed E-state index contributed by atoms with van der Waals surface area (Å²) >= 11 is 6.73. The zero-order valence-electron chi connectivity index (χ0n) is 10.3. The highest BCUT2D eigenvalue weighted by Crippen LogP contribution is 2.09. The summed E-state index contributed by atoms with van der Waals surface area (Å²) in [4.78, 5) is 33.6. The van der Waals surface area contributed by atoms with Crippen LogP contribution in [0.3, 0.4) is 0 Å². The smallest absolute Gasteiger partial charge is 0.321 e. The van der Waals surface area contributed by atoms with Crippen LogP contribution in [0.1, 0.15) is 10.4 Å². The number of benzene rings is 1. The number of halogens is 1. The number of carbonyl (C=O) groups is 3. The highest BCUT2D eigenvalue weighted by atomic mass is 35.5. The van der Waals surface area contributed by atoms with E-state index in [4.69, 9.17) is 22.4 Å². The summed E-state index contributed by atoms with van der Waals surface area (Å²) in [6.07, 6.45) is 0. The van der Waals surface area contributed by atoms with Crippen molar-refractivity contribution in [3.05, 3.63) is 34.9 Å². The lowest BCUT2D eigenvalue weighted by Gasteiger charge is -2.06. The second-order valence-electron chi connectivity index (χ2n) is 3.84. The summed E-state index contributed by atoms with van der Waals surface area (Å²) < 4.78 is 0. The molecule has 1 unspecified atom stereocenters. The average Bonchev–Trinajstić information content (AvgIpc) is 2.39. The van der Waals surface area contributed by atoms with E-state index in [9.17, 15) is 14.4 Å². The molecule has 0 aliphatic rings. The summed E-state index contributed by atoms with van der Waals surface area (Å²) in [5.74, 6) is -2.12. The maximum Gasteiger partial charge on any atom is 0.321 e. The molecule has 0 heterocycles. The van der Waals surface area contributed by atoms with Gasteiger partial charge in [0.15, 0.2) is 0 Å². The number of carboxylic acids is 1. The van der Waals surface area contributed by atoms with Crippen molar-refractivity contribution in [2.75, 3.05) is 11.5 Å². The quantitative estimate of drug-likeness (QED) is 0.714. The van der Waals surface area contributed by atoms with Crippen LogP contribution < -0.4 is 11.1 Å². The van der Waals surface area contributed by atoms with E-state index >= 15 is 0 Å². The fourth-order valence-corrected chi connectivity index (χ4v) is 2.08. The maximum atomic E-state index is 11.7. The molecule has 0 saturated carbocycles. The molecular formula is C12H13ClN2O4S. The number of amides is 2. The van der Waals surface area contributed by atoms with Crippen LogP contribution in [-0.4, -0.2) is 40.4 Å². The number of nitrogens with two attached hydrogens (primary N) is 1. The van der Waals surface area contributed by atoms with Gasteiger partial charge in [0.05, 0.1) is 5.75 Å². The second-order valence-corrected chi connectivity index (χ2v) is 5.31. The zero-order chi connectivity index (χ0) is 15.1. The highest BCUT2D eigenvalue weighted by Gasteiger charge is 2.14. The molecule has 0 fully saturated rings. The lowest BCUT2D eigenvalue weighted by molar-refractivity contribution is -0.138. The highest BCUT2D eigenvalue weighted by molar-refractivity contribution is 8.00. The van der Waals surface area contributed by atoms with E-state index in [0.717, 1.165) is 11.8 Å². The van der Waals surface area contributed by atoms with Crippen molar-refractivity contribution in [1.82, 2.24) is 5.32 Å². The molecule has 20 heavy (non-hydrogen) atoms. The van der Waals surface area contributed by atoms with E-state index in [1.807, 2.05) is 0 Å². The van der Waals surface area contributed by atoms with Gasteiger partial charge in [-0.1, -0.05) is 11.6 Å². The molecule has 4 N–H and O–H groups in total. The van der Waals surface area contributed by atoms with Crippen LogP contribution in [-0.2, 0) is 9.59 Å². The average molecular weight is 317 g/mol. The molecule has 0 radical (unpaired) electrons. The van der Waals surface area contributed by atoms with Crippen molar-refractivity contribution in [3.63, 3.8) is 0 Å². The Morgan fingerprint density at radius 3 is 2.45 bits per heavy atom. The summed E-state index contributed by atoms with van der Waals surface area (Å²) in [6, 6.07) is 5.06. The maximum absolute atomic E-state index is 11.7. The molecule has 1 atom stereocenters. The van der Waals surface area contributed by atoms with Gasteiger partial charge in [0.2, 0.25) is 5.91 Å². The minimum atomic E-state index is -1.13. The van der Waals surface area contributed by atoms with Gasteiger partial charge in [0.1, 0.15) is 6.04 Å². The third-order valence-electron chi connectivity index (χ3n) is 2.21. The first-order valence-electron chi connectivity index (χ1n) is 5.56. The summed E-state index contributed by atoms with van der Waals surface area (Å²) in [5.41, 5.74) is 5.59. The van der Waals surface area contributed by atoms with Crippen LogP contribution in [0.2, 0.25) is 5.02 Å². The van der Waals surface area contributed by atoms with E-state index < -0.39 is 23.8 Å². The van der Waals surface area contributed by atoms with Gasteiger partial charge in [0, 0.05) is 16.3 Å². The first kappa shape index (κ1) is 16.5. The Labute approximate surface area is 124 Å². The van der Waals surface area contributed by atoms with Crippen LogP contribution in [0.25, 0.3) is 0 Å². The molecule has 2 amide bonds. The van der Waals surface area contributed by atoms with Crippen molar-refractivity contribution in [1.29, 1.82) is 0 Å². The molecule has 0 saturated heterocycles. The van der Waals surface area contributed by atoms with Crippen LogP contribution in [0.4, 0.5) is 0 Å². The van der Waals surface area contributed by atoms with Gasteiger partial charge in [-0.15, -0.1) is 11.8 Å². The standard InChI is InChI=1S/C12H13ClN2O4S/c13-8-3-1-7(2-4-8)11(17)15-10(16)6-20-5-9(14)12(18)19/h1-4,9H,5-6,14H2,(H,18,19)(H,15,16,17). The first-order chi connectivity index (χ1) is 9.40. The molecule has 1 aromatic carbocycles. The Morgan fingerprint density at radius 1 is 1.30 bits per heavy atom. The van der Waals surface area contributed by atoms with Crippen molar-refractivity contribution in [2.45, 2.75) is 6.04 Å². The lowest BCUT2D eigenvalue weighted by atomic mass is 10.2. The van der Waals surface area contributed by atoms with Crippen molar-refractivity contribution < 1.29 is 19.5 Å². The number of imide groups is 1. The molecule has 1 aromatic rings. The second kappa shape index (κ2) is 7.88. The van der Waals surface area contributed by atoms with Crippen LogP contribution in [0.15, 0.2) is 24.3 Å². The molecule has 0 aliphatic carbocycles. The summed E-state index contributed by atoms with van der Waals surface area (Å²) in [6.45, 7) is 0. The van der Waals surface area contributed by atoms with E-state index in [0.29, 0.717) is 10.6 Å². The number of hydrogen-bond donors (Lipinski definition) is 3. The number of carbonyl (C=O) groups excluding carboxylic acids is 2. The third kappa shape index (κ3) is 5.60. The predicted octanol–water partition coefficient (Wildman–Crippen LogP) is 0.741. The Hall–Kier alpha value is -1.57. The zero-order valence-corrected chi connectivity index (χ0v) is 11.9. The first-order valence-corrected chi connectivity index (χ1v) is 7.09. The normalized spacial score (nSPS) is 11.7. The molecule has 0 bridgehead atoms. The molecule has 8 heteroatoms. The van der Waals surface area contributed by atoms with E-state index in [1.165, 1.54) is 12.1 Å². The molecule has 0 spiro atoms. The van der Waals surface area contributed by atoms with E-state index in [1.54, 1.807) is 12.1 Å². The Bertz CT molecular complexity index is 507. The van der Waals surface area contributed by atoms with E-state index in [2.05, 4.69) is 5.32 Å². The minimum Gasteiger partial charge on any atom is -0.480 e. The largest absolute Gasteiger partial charge is 0.480 e. The number of thioether (sulfide) groups is 1. The fourth-order valence-electron chi connectivity index (χ4n) is 1.19. The molecule has 108 valence electrons. The Balaban J connectivity index is 2.37. The van der Waals surface area contributed by atoms with Gasteiger partial charge in [-0.2, -0.15) is 0 Å². The van der Waals surface area contributed by atoms with Gasteiger partial charge in [-0.05, 0) is 24.3 Å². The van der Waals surface area contributed by atoms with Crippen LogP contribution >= 0.6 is 23.4 Å². The van der Waals surface area contributed by atoms with Crippen molar-refractivity contribution in [3.8, 4) is 0 Å². The Morgan fingerprint density at radius 2 is 1.90 bits per heavy atom. The van der Waals surface area contributed by atoms with Crippen LogP contribution in [0.5, 0.6) is 0 Å². The predicted molar refractivity (Wildman–Crippen MR) is 76.9 cm³/mol. The number of carboxylic acid groups (broad SMARTS) is 1. The topological polar surface area (TPSA) is 109 Å². The van der Waals surface area contributed by atoms with E-state index in [-0.39, 0.29) is 11.5 Å². The van der Waals surface area contributed by atoms with Crippen molar-refractivity contribution >= 4 is 41.1 Å². The number of aliphatic carboxylic acids is 1. The number of nitrogens with one attached hydrogen (secondary N) is 1. The number of hydrogen-bond acceptors (Lipinski definition) is 5. The van der Waals surface area contributed by atoms with Gasteiger partial charge in [0.25, 0.3) is 5.91 Å².